The summed E-state index contributed by atoms with van der Waals surface area (Å²) in [5.41, 5.74) is 0.896. The van der Waals surface area contributed by atoms with Gasteiger partial charge in [0.25, 0.3) is 5.91 Å². The molecule has 6 nitrogen and oxygen atoms in total. The maximum absolute atomic E-state index is 12.9. The normalized spacial score (nSPS) is 20.0. The van der Waals surface area contributed by atoms with Crippen molar-refractivity contribution in [2.24, 2.45) is 0 Å². The predicted molar refractivity (Wildman–Crippen MR) is 96.8 cm³/mol. The van der Waals surface area contributed by atoms with E-state index in [1.807, 2.05) is 23.1 Å². The summed E-state index contributed by atoms with van der Waals surface area (Å²) in [7, 11) is 0. The van der Waals surface area contributed by atoms with Crippen LogP contribution < -0.4 is 0 Å². The van der Waals surface area contributed by atoms with Crippen molar-refractivity contribution in [3.8, 4) is 11.3 Å². The zero-order chi connectivity index (χ0) is 18.1. The van der Waals surface area contributed by atoms with E-state index in [9.17, 15) is 9.59 Å². The Labute approximate surface area is 156 Å². The first-order chi connectivity index (χ1) is 12.6. The van der Waals surface area contributed by atoms with Crippen LogP contribution in [-0.4, -0.2) is 52.4 Å². The van der Waals surface area contributed by atoms with Gasteiger partial charge in [0.05, 0.1) is 5.02 Å². The molecule has 7 heteroatoms. The second kappa shape index (κ2) is 7.11. The number of rotatable bonds is 3. The van der Waals surface area contributed by atoms with Gasteiger partial charge in [-0.3, -0.25) is 9.59 Å². The second-order valence-corrected chi connectivity index (χ2v) is 7.15. The molecule has 1 aromatic carbocycles. The Kier molecular flexibility index (Phi) is 4.68. The summed E-state index contributed by atoms with van der Waals surface area (Å²) in [5.74, 6) is 0.242. The van der Waals surface area contributed by atoms with Gasteiger partial charge in [-0.05, 0) is 37.8 Å². The maximum Gasteiger partial charge on any atom is 0.276 e. The van der Waals surface area contributed by atoms with E-state index in [0.717, 1.165) is 32.4 Å². The molecule has 136 valence electrons. The smallest absolute Gasteiger partial charge is 0.276 e. The molecule has 2 aliphatic rings. The zero-order valence-electron chi connectivity index (χ0n) is 14.4. The van der Waals surface area contributed by atoms with E-state index >= 15 is 0 Å². The summed E-state index contributed by atoms with van der Waals surface area (Å²) in [5, 5.41) is 4.45. The van der Waals surface area contributed by atoms with Gasteiger partial charge in [0.1, 0.15) is 6.04 Å². The van der Waals surface area contributed by atoms with Crippen LogP contribution in [0.5, 0.6) is 0 Å². The van der Waals surface area contributed by atoms with Crippen LogP contribution in [-0.2, 0) is 4.79 Å². The van der Waals surface area contributed by atoms with E-state index in [2.05, 4.69) is 5.16 Å². The minimum Gasteiger partial charge on any atom is -0.355 e. The quantitative estimate of drug-likeness (QED) is 0.828. The van der Waals surface area contributed by atoms with Crippen LogP contribution >= 0.6 is 11.6 Å². The van der Waals surface area contributed by atoms with Crippen LogP contribution in [0.15, 0.2) is 34.9 Å². The van der Waals surface area contributed by atoms with Crippen LogP contribution in [0.4, 0.5) is 0 Å². The van der Waals surface area contributed by atoms with Crippen molar-refractivity contribution in [2.75, 3.05) is 19.6 Å². The molecule has 0 spiro atoms. The summed E-state index contributed by atoms with van der Waals surface area (Å²) in [4.78, 5) is 29.1. The number of carbonyl (C=O) groups is 2. The molecule has 1 atom stereocenters. The Hall–Kier alpha value is -2.34. The Morgan fingerprint density at radius 3 is 2.65 bits per heavy atom. The molecule has 2 aliphatic heterocycles. The van der Waals surface area contributed by atoms with E-state index in [1.54, 1.807) is 17.0 Å². The standard InChI is InChI=1S/C19H20ClN3O3/c20-14-7-2-1-6-13(14)17-12-15(21-26-17)18(24)23-11-5-8-16(23)19(25)22-9-3-4-10-22/h1-2,6-7,12,16H,3-5,8-11H2. The van der Waals surface area contributed by atoms with Crippen molar-refractivity contribution in [3.05, 3.63) is 41.0 Å². The summed E-state index contributed by atoms with van der Waals surface area (Å²) in [6.07, 6.45) is 3.61. The summed E-state index contributed by atoms with van der Waals surface area (Å²) < 4.78 is 5.33. The first kappa shape index (κ1) is 17.1. The number of amides is 2. The average Bonchev–Trinajstić information content (AvgIpc) is 3.42. The van der Waals surface area contributed by atoms with Crippen molar-refractivity contribution in [1.82, 2.24) is 15.0 Å². The minimum atomic E-state index is -0.388. The number of carbonyl (C=O) groups excluding carboxylic acids is 2. The van der Waals surface area contributed by atoms with Gasteiger partial charge in [-0.15, -0.1) is 0 Å². The van der Waals surface area contributed by atoms with Crippen molar-refractivity contribution in [2.45, 2.75) is 31.7 Å². The fourth-order valence-corrected chi connectivity index (χ4v) is 3.95. The van der Waals surface area contributed by atoms with Crippen LogP contribution in [0.25, 0.3) is 11.3 Å². The minimum absolute atomic E-state index is 0.0585. The SMILES string of the molecule is O=C(C1CCCN1C(=O)c1cc(-c2ccccc2Cl)on1)N1CCCC1. The van der Waals surface area contributed by atoms with Gasteiger partial charge in [0.15, 0.2) is 11.5 Å². The fourth-order valence-electron chi connectivity index (χ4n) is 3.73. The predicted octanol–water partition coefficient (Wildman–Crippen LogP) is 3.22. The highest BCUT2D eigenvalue weighted by atomic mass is 35.5. The Balaban J connectivity index is 1.54. The lowest BCUT2D eigenvalue weighted by Crippen LogP contribution is -2.47. The molecular formula is C19H20ClN3O3. The van der Waals surface area contributed by atoms with Crippen LogP contribution in [0.2, 0.25) is 5.02 Å². The van der Waals surface area contributed by atoms with E-state index in [4.69, 9.17) is 16.1 Å². The molecular weight excluding hydrogens is 354 g/mol. The van der Waals surface area contributed by atoms with Crippen LogP contribution in [0.1, 0.15) is 36.2 Å². The second-order valence-electron chi connectivity index (χ2n) is 6.75. The molecule has 26 heavy (non-hydrogen) atoms. The molecule has 2 saturated heterocycles. The van der Waals surface area contributed by atoms with Gasteiger partial charge in [0.2, 0.25) is 5.91 Å². The van der Waals surface area contributed by atoms with E-state index in [-0.39, 0.29) is 23.6 Å². The molecule has 2 aromatic rings. The van der Waals surface area contributed by atoms with Gasteiger partial charge in [-0.2, -0.15) is 0 Å². The molecule has 1 aromatic heterocycles. The molecule has 4 rings (SSSR count). The highest BCUT2D eigenvalue weighted by molar-refractivity contribution is 6.33. The number of aromatic nitrogens is 1. The van der Waals surface area contributed by atoms with Crippen LogP contribution in [0.3, 0.4) is 0 Å². The molecule has 0 bridgehead atoms. The number of hydrogen-bond acceptors (Lipinski definition) is 4. The zero-order valence-corrected chi connectivity index (χ0v) is 15.1. The first-order valence-corrected chi connectivity index (χ1v) is 9.34. The highest BCUT2D eigenvalue weighted by Gasteiger charge is 2.38. The lowest BCUT2D eigenvalue weighted by Gasteiger charge is -2.27. The summed E-state index contributed by atoms with van der Waals surface area (Å²) in [6.45, 7) is 2.15. The Morgan fingerprint density at radius 2 is 1.88 bits per heavy atom. The molecule has 3 heterocycles. The topological polar surface area (TPSA) is 66.7 Å². The lowest BCUT2D eigenvalue weighted by atomic mass is 10.1. The number of nitrogens with zero attached hydrogens (tertiary/aromatic N) is 3. The monoisotopic (exact) mass is 373 g/mol. The van der Waals surface area contributed by atoms with E-state index < -0.39 is 0 Å². The third-order valence-corrected chi connectivity index (χ3v) is 5.41. The molecule has 0 N–H and O–H groups in total. The van der Waals surface area contributed by atoms with Gasteiger partial charge in [-0.1, -0.05) is 28.9 Å². The first-order valence-electron chi connectivity index (χ1n) is 8.96. The summed E-state index contributed by atoms with van der Waals surface area (Å²) in [6, 6.07) is 8.45. The largest absolute Gasteiger partial charge is 0.355 e. The number of halogens is 1. The Morgan fingerprint density at radius 1 is 1.12 bits per heavy atom. The summed E-state index contributed by atoms with van der Waals surface area (Å²) >= 11 is 6.18. The average molecular weight is 374 g/mol. The van der Waals surface area contributed by atoms with Gasteiger partial charge in [-0.25, -0.2) is 0 Å². The Bertz CT molecular complexity index is 829. The fraction of sp³-hybridized carbons (Fsp3) is 0.421. The lowest BCUT2D eigenvalue weighted by molar-refractivity contribution is -0.134. The highest BCUT2D eigenvalue weighted by Crippen LogP contribution is 2.29. The molecule has 2 fully saturated rings. The van der Waals surface area contributed by atoms with E-state index in [0.29, 0.717) is 29.3 Å². The van der Waals surface area contributed by atoms with Crippen molar-refractivity contribution >= 4 is 23.4 Å². The van der Waals surface area contributed by atoms with Crippen molar-refractivity contribution < 1.29 is 14.1 Å². The van der Waals surface area contributed by atoms with Gasteiger partial charge < -0.3 is 14.3 Å². The maximum atomic E-state index is 12.9. The number of likely N-dealkylation sites (tertiary alicyclic amines) is 2. The van der Waals surface area contributed by atoms with Crippen LogP contribution in [0, 0.1) is 0 Å². The van der Waals surface area contributed by atoms with Crippen molar-refractivity contribution in [3.63, 3.8) is 0 Å². The van der Waals surface area contributed by atoms with Gasteiger partial charge >= 0.3 is 0 Å². The third-order valence-electron chi connectivity index (χ3n) is 5.09. The molecule has 0 radical (unpaired) electrons. The molecule has 0 saturated carbocycles. The number of benzene rings is 1. The van der Waals surface area contributed by atoms with E-state index in [1.165, 1.54) is 0 Å². The van der Waals surface area contributed by atoms with Crippen molar-refractivity contribution in [1.29, 1.82) is 0 Å². The molecule has 2 amide bonds. The molecule has 0 aliphatic carbocycles. The molecule has 1 unspecified atom stereocenters. The number of hydrogen-bond donors (Lipinski definition) is 0. The third kappa shape index (κ3) is 3.09. The van der Waals surface area contributed by atoms with Gasteiger partial charge in [0, 0.05) is 31.3 Å².